The van der Waals surface area contributed by atoms with E-state index in [1.165, 1.54) is 0 Å². The van der Waals surface area contributed by atoms with Gasteiger partial charge in [-0.05, 0) is 27.2 Å². The lowest BCUT2D eigenvalue weighted by molar-refractivity contribution is 0.290. The third-order valence-electron chi connectivity index (χ3n) is 2.13. The highest BCUT2D eigenvalue weighted by Crippen LogP contribution is 2.09. The van der Waals surface area contributed by atoms with Gasteiger partial charge < -0.3 is 5.11 Å². The lowest BCUT2D eigenvalue weighted by Crippen LogP contribution is -2.00. The smallest absolute Gasteiger partial charge is 0.0750 e. The normalized spacial score (nSPS) is 10.2. The number of nitrogens with zero attached hydrogens (tertiary/aromatic N) is 2. The van der Waals surface area contributed by atoms with E-state index in [1.54, 1.807) is 0 Å². The fraction of sp³-hybridized carbons (Fsp3) is 0.583. The largest absolute Gasteiger partial charge is 0.396 e. The average Bonchev–Trinajstić information content (AvgIpc) is 2.55. The van der Waals surface area contributed by atoms with Gasteiger partial charge in [-0.25, -0.2) is 0 Å². The van der Waals surface area contributed by atoms with Crippen LogP contribution in [0.5, 0.6) is 0 Å². The van der Waals surface area contributed by atoms with Crippen molar-refractivity contribution in [2.75, 3.05) is 6.61 Å². The molecular weight excluding hydrogens is 188 g/mol. The first-order valence-corrected chi connectivity index (χ1v) is 5.30. The van der Waals surface area contributed by atoms with E-state index < -0.39 is 0 Å². The molecule has 0 radical (unpaired) electrons. The van der Waals surface area contributed by atoms with E-state index in [2.05, 4.69) is 30.8 Å². The second-order valence-electron chi connectivity index (χ2n) is 3.83. The topological polar surface area (TPSA) is 38.0 Å². The molecule has 0 aromatic carbocycles. The van der Waals surface area contributed by atoms with Gasteiger partial charge in [-0.3, -0.25) is 4.68 Å². The molecule has 0 aliphatic heterocycles. The minimum atomic E-state index is 0.207. The summed E-state index contributed by atoms with van der Waals surface area (Å²) in [4.78, 5) is 0. The maximum atomic E-state index is 8.61. The van der Waals surface area contributed by atoms with Crippen LogP contribution in [0.15, 0.2) is 6.20 Å². The van der Waals surface area contributed by atoms with Crippen molar-refractivity contribution in [1.29, 1.82) is 0 Å². The van der Waals surface area contributed by atoms with E-state index in [1.807, 2.05) is 17.8 Å². The minimum Gasteiger partial charge on any atom is -0.396 e. The predicted molar refractivity (Wildman–Crippen MR) is 60.5 cm³/mol. The lowest BCUT2D eigenvalue weighted by atomic mass is 10.2. The first-order valence-electron chi connectivity index (χ1n) is 5.30. The van der Waals surface area contributed by atoms with Gasteiger partial charge in [0.1, 0.15) is 0 Å². The molecule has 0 spiro atoms. The molecule has 1 aromatic heterocycles. The van der Waals surface area contributed by atoms with Crippen LogP contribution < -0.4 is 0 Å². The Labute approximate surface area is 91.1 Å². The van der Waals surface area contributed by atoms with Crippen molar-refractivity contribution in [1.82, 2.24) is 9.78 Å². The van der Waals surface area contributed by atoms with Crippen LogP contribution in [0.3, 0.4) is 0 Å². The molecule has 82 valence electrons. The number of rotatable bonds is 3. The zero-order valence-electron chi connectivity index (χ0n) is 9.62. The first-order chi connectivity index (χ1) is 7.15. The molecule has 0 saturated carbocycles. The number of aliphatic hydroxyl groups is 1. The SMILES string of the molecule is Cc1nn(C(C)C)cc1C#CCCCO. The predicted octanol–water partition coefficient (Wildman–Crippen LogP) is 1.90. The van der Waals surface area contributed by atoms with Crippen LogP contribution in [0.2, 0.25) is 0 Å². The van der Waals surface area contributed by atoms with Crippen LogP contribution in [-0.2, 0) is 0 Å². The highest BCUT2D eigenvalue weighted by atomic mass is 16.2. The zero-order chi connectivity index (χ0) is 11.3. The molecule has 0 unspecified atom stereocenters. The molecule has 15 heavy (non-hydrogen) atoms. The van der Waals surface area contributed by atoms with Crippen LogP contribution in [0.1, 0.15) is 44.0 Å². The van der Waals surface area contributed by atoms with Crippen LogP contribution in [0.4, 0.5) is 0 Å². The Morgan fingerprint density at radius 2 is 2.27 bits per heavy atom. The maximum Gasteiger partial charge on any atom is 0.0750 e. The highest BCUT2D eigenvalue weighted by Gasteiger charge is 2.03. The molecule has 0 aliphatic rings. The van der Waals surface area contributed by atoms with Crippen LogP contribution in [0.25, 0.3) is 0 Å². The highest BCUT2D eigenvalue weighted by molar-refractivity contribution is 5.35. The van der Waals surface area contributed by atoms with Crippen LogP contribution in [-0.4, -0.2) is 21.5 Å². The fourth-order valence-electron chi connectivity index (χ4n) is 1.19. The van der Waals surface area contributed by atoms with Gasteiger partial charge in [-0.15, -0.1) is 0 Å². The molecule has 0 atom stereocenters. The van der Waals surface area contributed by atoms with Gasteiger partial charge in [0.25, 0.3) is 0 Å². The standard InChI is InChI=1S/C12H18N2O/c1-10(2)14-9-12(11(3)13-14)7-5-4-6-8-15/h9-10,15H,4,6,8H2,1-3H3. The van der Waals surface area contributed by atoms with Gasteiger partial charge in [-0.1, -0.05) is 11.8 Å². The molecule has 1 rings (SSSR count). The van der Waals surface area contributed by atoms with E-state index in [0.717, 1.165) is 24.1 Å². The summed E-state index contributed by atoms with van der Waals surface area (Å²) in [5.41, 5.74) is 1.96. The third-order valence-corrected chi connectivity index (χ3v) is 2.13. The van der Waals surface area contributed by atoms with Gasteiger partial charge in [0, 0.05) is 25.3 Å². The summed E-state index contributed by atoms with van der Waals surface area (Å²) in [5.74, 6) is 6.11. The molecule has 0 amide bonds. The summed E-state index contributed by atoms with van der Waals surface area (Å²) in [6.45, 7) is 6.36. The van der Waals surface area contributed by atoms with E-state index in [9.17, 15) is 0 Å². The summed E-state index contributed by atoms with van der Waals surface area (Å²) < 4.78 is 1.92. The van der Waals surface area contributed by atoms with Crippen molar-refractivity contribution in [3.05, 3.63) is 17.5 Å². The Morgan fingerprint density at radius 1 is 1.53 bits per heavy atom. The molecule has 0 saturated heterocycles. The summed E-state index contributed by atoms with van der Waals surface area (Å²) >= 11 is 0. The number of aliphatic hydroxyl groups excluding tert-OH is 1. The molecule has 1 aromatic rings. The second-order valence-corrected chi connectivity index (χ2v) is 3.83. The molecule has 1 heterocycles. The van der Waals surface area contributed by atoms with Gasteiger partial charge in [0.05, 0.1) is 11.3 Å². The van der Waals surface area contributed by atoms with Crippen molar-refractivity contribution < 1.29 is 5.11 Å². The van der Waals surface area contributed by atoms with E-state index in [0.29, 0.717) is 6.04 Å². The van der Waals surface area contributed by atoms with E-state index in [4.69, 9.17) is 5.11 Å². The molecule has 0 bridgehead atoms. The Hall–Kier alpha value is -1.27. The quantitative estimate of drug-likeness (QED) is 0.606. The molecule has 0 aliphatic carbocycles. The number of unbranched alkanes of at least 4 members (excludes halogenated alkanes) is 1. The molecular formula is C12H18N2O. The second kappa shape index (κ2) is 5.57. The Bertz CT molecular complexity index is 369. The number of hydrogen-bond donors (Lipinski definition) is 1. The van der Waals surface area contributed by atoms with E-state index in [-0.39, 0.29) is 6.61 Å². The van der Waals surface area contributed by atoms with Crippen molar-refractivity contribution in [2.45, 2.75) is 39.7 Å². The lowest BCUT2D eigenvalue weighted by Gasteiger charge is -2.02. The summed E-state index contributed by atoms with van der Waals surface area (Å²) in [5, 5.41) is 13.0. The number of aryl methyl sites for hydroxylation is 1. The monoisotopic (exact) mass is 206 g/mol. The number of aromatic nitrogens is 2. The average molecular weight is 206 g/mol. The maximum absolute atomic E-state index is 8.61. The van der Waals surface area contributed by atoms with Crippen molar-refractivity contribution in [2.24, 2.45) is 0 Å². The summed E-state index contributed by atoms with van der Waals surface area (Å²) in [6, 6.07) is 0.372. The summed E-state index contributed by atoms with van der Waals surface area (Å²) in [7, 11) is 0. The first kappa shape index (κ1) is 11.8. The summed E-state index contributed by atoms with van der Waals surface area (Å²) in [6.07, 6.45) is 3.46. The minimum absolute atomic E-state index is 0.207. The van der Waals surface area contributed by atoms with Crippen molar-refractivity contribution in [3.63, 3.8) is 0 Å². The number of hydrogen-bond acceptors (Lipinski definition) is 2. The Balaban J connectivity index is 2.71. The van der Waals surface area contributed by atoms with Crippen molar-refractivity contribution >= 4 is 0 Å². The Kier molecular flexibility index (Phi) is 4.38. The zero-order valence-corrected chi connectivity index (χ0v) is 9.62. The van der Waals surface area contributed by atoms with Gasteiger partial charge in [0.2, 0.25) is 0 Å². The van der Waals surface area contributed by atoms with Gasteiger partial charge in [-0.2, -0.15) is 5.10 Å². The molecule has 3 heteroatoms. The Morgan fingerprint density at radius 3 is 2.80 bits per heavy atom. The van der Waals surface area contributed by atoms with Crippen LogP contribution >= 0.6 is 0 Å². The molecule has 0 fully saturated rings. The van der Waals surface area contributed by atoms with Gasteiger partial charge >= 0.3 is 0 Å². The van der Waals surface area contributed by atoms with Crippen molar-refractivity contribution in [3.8, 4) is 11.8 Å². The molecule has 3 nitrogen and oxygen atoms in total. The van der Waals surface area contributed by atoms with Gasteiger partial charge in [0.15, 0.2) is 0 Å². The van der Waals surface area contributed by atoms with E-state index >= 15 is 0 Å². The third kappa shape index (κ3) is 3.41. The van der Waals surface area contributed by atoms with Crippen LogP contribution in [0, 0.1) is 18.8 Å². The fourth-order valence-corrected chi connectivity index (χ4v) is 1.19. The molecule has 1 N–H and O–H groups in total.